The first-order valence-electron chi connectivity index (χ1n) is 6.94. The lowest BCUT2D eigenvalue weighted by atomic mass is 9.84. The molecule has 0 saturated heterocycles. The molecule has 1 fully saturated rings. The molecule has 0 radical (unpaired) electrons. The summed E-state index contributed by atoms with van der Waals surface area (Å²) in [5.74, 6) is -0.394. The molecule has 1 heterocycles. The summed E-state index contributed by atoms with van der Waals surface area (Å²) in [7, 11) is 0. The highest BCUT2D eigenvalue weighted by atomic mass is 16.5. The molecule has 1 amide bonds. The van der Waals surface area contributed by atoms with E-state index < -0.39 is 12.0 Å². The van der Waals surface area contributed by atoms with E-state index in [1.54, 1.807) is 12.1 Å². The summed E-state index contributed by atoms with van der Waals surface area (Å²) in [5.41, 5.74) is 1.61. The average molecular weight is 275 g/mol. The Morgan fingerprint density at radius 2 is 2.15 bits per heavy atom. The van der Waals surface area contributed by atoms with Gasteiger partial charge in [-0.1, -0.05) is 12.5 Å². The molecule has 0 bridgehead atoms. The Morgan fingerprint density at radius 3 is 2.80 bits per heavy atom. The van der Waals surface area contributed by atoms with Crippen LogP contribution in [-0.4, -0.2) is 23.6 Å². The molecule has 106 valence electrons. The number of rotatable bonds is 4. The average Bonchev–Trinajstić information content (AvgIpc) is 2.80. The quantitative estimate of drug-likeness (QED) is 0.876. The van der Waals surface area contributed by atoms with Crippen molar-refractivity contribution in [3.8, 4) is 5.75 Å². The van der Waals surface area contributed by atoms with Crippen LogP contribution in [0.15, 0.2) is 18.2 Å². The predicted octanol–water partition coefficient (Wildman–Crippen LogP) is 1.66. The van der Waals surface area contributed by atoms with Crippen LogP contribution in [0.4, 0.5) is 0 Å². The molecular formula is C15H17NO4. The van der Waals surface area contributed by atoms with E-state index in [0.29, 0.717) is 12.2 Å². The van der Waals surface area contributed by atoms with E-state index in [0.717, 1.165) is 37.0 Å². The highest BCUT2D eigenvalue weighted by Gasteiger charge is 2.30. The molecule has 0 aromatic heterocycles. The molecule has 20 heavy (non-hydrogen) atoms. The number of fused-ring (bicyclic) bond motifs is 1. The van der Waals surface area contributed by atoms with Gasteiger partial charge in [-0.3, -0.25) is 4.79 Å². The fraction of sp³-hybridized carbons (Fsp3) is 0.467. The molecule has 5 heteroatoms. The Morgan fingerprint density at radius 1 is 1.35 bits per heavy atom. The molecule has 3 rings (SSSR count). The lowest BCUT2D eigenvalue weighted by Gasteiger charge is -2.26. The van der Waals surface area contributed by atoms with E-state index in [-0.39, 0.29) is 11.8 Å². The molecule has 1 aliphatic carbocycles. The van der Waals surface area contributed by atoms with Gasteiger partial charge in [0.2, 0.25) is 5.91 Å². The number of aliphatic carboxylic acids is 1. The van der Waals surface area contributed by atoms with Crippen molar-refractivity contribution in [3.05, 3.63) is 29.3 Å². The summed E-state index contributed by atoms with van der Waals surface area (Å²) in [6.45, 7) is 0.630. The fourth-order valence-corrected chi connectivity index (χ4v) is 2.60. The van der Waals surface area contributed by atoms with Gasteiger partial charge in [0.25, 0.3) is 0 Å². The number of amides is 1. The van der Waals surface area contributed by atoms with Crippen molar-refractivity contribution in [2.24, 2.45) is 5.92 Å². The minimum absolute atomic E-state index is 0.0189. The van der Waals surface area contributed by atoms with Crippen molar-refractivity contribution in [2.45, 2.75) is 31.7 Å². The maximum absolute atomic E-state index is 11.9. The van der Waals surface area contributed by atoms with Crippen LogP contribution >= 0.6 is 0 Å². The third-order valence-electron chi connectivity index (χ3n) is 4.06. The smallest absolute Gasteiger partial charge is 0.330 e. The number of carboxylic acid groups (broad SMARTS) is 1. The standard InChI is InChI=1S/C15H17NO4/c17-14(9-2-1-3-9)16-13(15(18)19)11-4-5-12-10(8-11)6-7-20-12/h4-5,8-9,13H,1-3,6-7H2,(H,16,17)(H,18,19). The first-order valence-corrected chi connectivity index (χ1v) is 6.94. The van der Waals surface area contributed by atoms with E-state index in [4.69, 9.17) is 4.74 Å². The van der Waals surface area contributed by atoms with Crippen LogP contribution in [0.25, 0.3) is 0 Å². The molecule has 1 aromatic carbocycles. The van der Waals surface area contributed by atoms with Crippen LogP contribution in [0.1, 0.15) is 36.4 Å². The van der Waals surface area contributed by atoms with Crippen LogP contribution in [0.3, 0.4) is 0 Å². The number of carboxylic acids is 1. The number of hydrogen-bond donors (Lipinski definition) is 2. The van der Waals surface area contributed by atoms with E-state index in [1.165, 1.54) is 0 Å². The summed E-state index contributed by atoms with van der Waals surface area (Å²) in [5, 5.41) is 12.0. The SMILES string of the molecule is O=C(NC(C(=O)O)c1ccc2c(c1)CCO2)C1CCC1. The first kappa shape index (κ1) is 13.0. The largest absolute Gasteiger partial charge is 0.493 e. The lowest BCUT2D eigenvalue weighted by molar-refractivity contribution is -0.143. The van der Waals surface area contributed by atoms with Gasteiger partial charge in [-0.15, -0.1) is 0 Å². The third-order valence-corrected chi connectivity index (χ3v) is 4.06. The highest BCUT2D eigenvalue weighted by Crippen LogP contribution is 2.30. The Labute approximate surface area is 116 Å². The molecule has 1 aliphatic heterocycles. The normalized spacial score (nSPS) is 18.6. The van der Waals surface area contributed by atoms with Gasteiger partial charge in [0.05, 0.1) is 6.61 Å². The van der Waals surface area contributed by atoms with Gasteiger partial charge in [0, 0.05) is 12.3 Å². The fourth-order valence-electron chi connectivity index (χ4n) is 2.60. The predicted molar refractivity (Wildman–Crippen MR) is 71.5 cm³/mol. The Bertz CT molecular complexity index is 551. The van der Waals surface area contributed by atoms with E-state index >= 15 is 0 Å². The van der Waals surface area contributed by atoms with Crippen molar-refractivity contribution < 1.29 is 19.4 Å². The van der Waals surface area contributed by atoms with Crippen molar-refractivity contribution in [1.29, 1.82) is 0 Å². The van der Waals surface area contributed by atoms with Gasteiger partial charge in [-0.25, -0.2) is 4.79 Å². The number of carbonyl (C=O) groups excluding carboxylic acids is 1. The Kier molecular flexibility index (Phi) is 3.34. The molecule has 0 spiro atoms. The van der Waals surface area contributed by atoms with E-state index in [9.17, 15) is 14.7 Å². The third kappa shape index (κ3) is 2.35. The zero-order valence-corrected chi connectivity index (χ0v) is 11.1. The Hall–Kier alpha value is -2.04. The molecule has 2 aliphatic rings. The molecule has 5 nitrogen and oxygen atoms in total. The van der Waals surface area contributed by atoms with E-state index in [2.05, 4.69) is 5.32 Å². The number of nitrogens with one attached hydrogen (secondary N) is 1. The van der Waals surface area contributed by atoms with E-state index in [1.807, 2.05) is 6.07 Å². The first-order chi connectivity index (χ1) is 9.65. The minimum Gasteiger partial charge on any atom is -0.493 e. The summed E-state index contributed by atoms with van der Waals surface area (Å²) >= 11 is 0. The highest BCUT2D eigenvalue weighted by molar-refractivity contribution is 5.86. The number of benzene rings is 1. The van der Waals surface area contributed by atoms with Gasteiger partial charge in [-0.05, 0) is 36.1 Å². The second kappa shape index (κ2) is 5.15. The van der Waals surface area contributed by atoms with Crippen molar-refractivity contribution >= 4 is 11.9 Å². The molecule has 1 aromatic rings. The molecule has 2 N–H and O–H groups in total. The number of carbonyl (C=O) groups is 2. The van der Waals surface area contributed by atoms with Crippen LogP contribution in [-0.2, 0) is 16.0 Å². The number of ether oxygens (including phenoxy) is 1. The van der Waals surface area contributed by atoms with Crippen LogP contribution in [0, 0.1) is 5.92 Å². The van der Waals surface area contributed by atoms with Crippen LogP contribution in [0.2, 0.25) is 0 Å². The molecule has 1 atom stereocenters. The molecular weight excluding hydrogens is 258 g/mol. The van der Waals surface area contributed by atoms with Gasteiger partial charge < -0.3 is 15.2 Å². The van der Waals surface area contributed by atoms with Crippen molar-refractivity contribution in [3.63, 3.8) is 0 Å². The topological polar surface area (TPSA) is 75.6 Å². The van der Waals surface area contributed by atoms with Gasteiger partial charge >= 0.3 is 5.97 Å². The zero-order valence-electron chi connectivity index (χ0n) is 11.1. The molecule has 1 unspecified atom stereocenters. The second-order valence-corrected chi connectivity index (χ2v) is 5.37. The summed E-state index contributed by atoms with van der Waals surface area (Å²) in [4.78, 5) is 23.4. The van der Waals surface area contributed by atoms with Crippen molar-refractivity contribution in [2.75, 3.05) is 6.61 Å². The second-order valence-electron chi connectivity index (χ2n) is 5.37. The zero-order chi connectivity index (χ0) is 14.1. The number of hydrogen-bond acceptors (Lipinski definition) is 3. The maximum Gasteiger partial charge on any atom is 0.330 e. The monoisotopic (exact) mass is 275 g/mol. The summed E-state index contributed by atoms with van der Waals surface area (Å²) in [6.07, 6.45) is 3.55. The van der Waals surface area contributed by atoms with Gasteiger partial charge in [-0.2, -0.15) is 0 Å². The van der Waals surface area contributed by atoms with Gasteiger partial charge in [0.1, 0.15) is 5.75 Å². The van der Waals surface area contributed by atoms with Crippen LogP contribution < -0.4 is 10.1 Å². The molecule has 1 saturated carbocycles. The summed E-state index contributed by atoms with van der Waals surface area (Å²) in [6, 6.07) is 4.34. The maximum atomic E-state index is 11.9. The van der Waals surface area contributed by atoms with Crippen LogP contribution in [0.5, 0.6) is 5.75 Å². The lowest BCUT2D eigenvalue weighted by Crippen LogP contribution is -2.39. The van der Waals surface area contributed by atoms with Gasteiger partial charge in [0.15, 0.2) is 6.04 Å². The Balaban J connectivity index is 1.79. The van der Waals surface area contributed by atoms with Crippen molar-refractivity contribution in [1.82, 2.24) is 5.32 Å². The summed E-state index contributed by atoms with van der Waals surface area (Å²) < 4.78 is 5.40. The minimum atomic E-state index is -1.03.